The molecule has 1 fully saturated rings. The van der Waals surface area contributed by atoms with E-state index in [1.165, 1.54) is 0 Å². The summed E-state index contributed by atoms with van der Waals surface area (Å²) in [6.45, 7) is 0. The van der Waals surface area contributed by atoms with E-state index in [-0.39, 0.29) is 5.92 Å². The smallest absolute Gasteiger partial charge is 0.250 e. The molecule has 0 radical (unpaired) electrons. The van der Waals surface area contributed by atoms with E-state index in [0.717, 1.165) is 18.4 Å². The molecule has 4 nitrogen and oxygen atoms in total. The van der Waals surface area contributed by atoms with Crippen LogP contribution in [0.1, 0.15) is 30.7 Å². The number of rotatable bonds is 2. The lowest BCUT2D eigenvalue weighted by molar-refractivity contribution is -0.137. The van der Waals surface area contributed by atoms with Crippen molar-refractivity contribution in [3.05, 3.63) is 28.5 Å². The third-order valence-electron chi connectivity index (χ3n) is 3.21. The van der Waals surface area contributed by atoms with Gasteiger partial charge in [0.05, 0.1) is 0 Å². The van der Waals surface area contributed by atoms with Crippen LogP contribution in [-0.4, -0.2) is 21.6 Å². The Morgan fingerprint density at radius 2 is 2.44 bits per heavy atom. The van der Waals surface area contributed by atoms with Crippen molar-refractivity contribution in [2.75, 3.05) is 0 Å². The normalized spacial score (nSPS) is 29.2. The second-order valence-corrected chi connectivity index (χ2v) is 4.96. The van der Waals surface area contributed by atoms with Gasteiger partial charge in [0.2, 0.25) is 5.91 Å². The first-order valence-electron chi connectivity index (χ1n) is 5.18. The Balaban J connectivity index is 2.37. The lowest BCUT2D eigenvalue weighted by Gasteiger charge is -2.26. The summed E-state index contributed by atoms with van der Waals surface area (Å²) in [5.41, 5.74) is 4.78. The number of nitrogens with zero attached hydrogens (tertiary/aromatic N) is 1. The predicted octanol–water partition coefficient (Wildman–Crippen LogP) is 1.33. The largest absolute Gasteiger partial charge is 0.379 e. The quantitative estimate of drug-likeness (QED) is 0.805. The number of hydrogen-bond donors (Lipinski definition) is 2. The SMILES string of the molecule is NC(=O)C1(O)CCCC1c1ccnc(Br)c1. The standard InChI is InChI=1S/C11H13BrN2O2/c12-9-6-7(3-5-14-9)8-2-1-4-11(8,16)10(13)15/h3,5-6,8,16H,1-2,4H2,(H2,13,15). The minimum Gasteiger partial charge on any atom is -0.379 e. The maximum atomic E-state index is 11.3. The highest BCUT2D eigenvalue weighted by atomic mass is 79.9. The first-order valence-corrected chi connectivity index (χ1v) is 5.97. The van der Waals surface area contributed by atoms with Crippen LogP contribution in [0.4, 0.5) is 0 Å². The van der Waals surface area contributed by atoms with E-state index >= 15 is 0 Å². The number of carbonyl (C=O) groups excluding carboxylic acids is 1. The van der Waals surface area contributed by atoms with E-state index < -0.39 is 11.5 Å². The molecule has 0 aromatic carbocycles. The Hall–Kier alpha value is -0.940. The third kappa shape index (κ3) is 1.85. The van der Waals surface area contributed by atoms with E-state index in [2.05, 4.69) is 20.9 Å². The van der Waals surface area contributed by atoms with Crippen molar-refractivity contribution < 1.29 is 9.90 Å². The fourth-order valence-corrected chi connectivity index (χ4v) is 2.74. The van der Waals surface area contributed by atoms with Crippen LogP contribution in [-0.2, 0) is 4.79 Å². The molecule has 16 heavy (non-hydrogen) atoms. The summed E-state index contributed by atoms with van der Waals surface area (Å²) >= 11 is 3.27. The first kappa shape index (κ1) is 11.5. The summed E-state index contributed by atoms with van der Waals surface area (Å²) < 4.78 is 0.698. The molecule has 1 amide bonds. The Labute approximate surface area is 102 Å². The summed E-state index contributed by atoms with van der Waals surface area (Å²) in [4.78, 5) is 15.4. The minimum atomic E-state index is -1.40. The Bertz CT molecular complexity index is 424. The number of pyridine rings is 1. The number of primary amides is 1. The van der Waals surface area contributed by atoms with Crippen molar-refractivity contribution in [1.82, 2.24) is 4.98 Å². The Morgan fingerprint density at radius 1 is 1.69 bits per heavy atom. The molecule has 1 aliphatic rings. The zero-order valence-electron chi connectivity index (χ0n) is 8.69. The van der Waals surface area contributed by atoms with E-state index in [4.69, 9.17) is 5.73 Å². The summed E-state index contributed by atoms with van der Waals surface area (Å²) in [5, 5.41) is 10.3. The van der Waals surface area contributed by atoms with Crippen molar-refractivity contribution in [1.29, 1.82) is 0 Å². The van der Waals surface area contributed by atoms with Crippen LogP contribution in [0.5, 0.6) is 0 Å². The molecule has 2 unspecified atom stereocenters. The molecule has 0 saturated heterocycles. The summed E-state index contributed by atoms with van der Waals surface area (Å²) in [6, 6.07) is 3.64. The molecule has 0 bridgehead atoms. The van der Waals surface area contributed by atoms with Gasteiger partial charge in [-0.2, -0.15) is 0 Å². The average molecular weight is 285 g/mol. The second kappa shape index (κ2) is 4.14. The van der Waals surface area contributed by atoms with Gasteiger partial charge in [0.1, 0.15) is 10.2 Å². The molecule has 5 heteroatoms. The zero-order valence-corrected chi connectivity index (χ0v) is 10.3. The van der Waals surface area contributed by atoms with Crippen LogP contribution in [0.3, 0.4) is 0 Å². The minimum absolute atomic E-state index is 0.218. The number of aromatic nitrogens is 1. The molecule has 1 saturated carbocycles. The van der Waals surface area contributed by atoms with E-state index in [1.807, 2.05) is 12.1 Å². The summed E-state index contributed by atoms with van der Waals surface area (Å²) in [6.07, 6.45) is 3.67. The zero-order chi connectivity index (χ0) is 11.8. The van der Waals surface area contributed by atoms with Crippen molar-refractivity contribution in [3.63, 3.8) is 0 Å². The number of aliphatic hydroxyl groups is 1. The molecule has 1 heterocycles. The molecule has 0 spiro atoms. The number of nitrogens with two attached hydrogens (primary N) is 1. The number of hydrogen-bond acceptors (Lipinski definition) is 3. The highest BCUT2D eigenvalue weighted by Crippen LogP contribution is 2.42. The lowest BCUT2D eigenvalue weighted by Crippen LogP contribution is -2.45. The van der Waals surface area contributed by atoms with E-state index in [1.54, 1.807) is 6.20 Å². The molecular formula is C11H13BrN2O2. The van der Waals surface area contributed by atoms with Gasteiger partial charge < -0.3 is 10.8 Å². The van der Waals surface area contributed by atoms with Gasteiger partial charge in [-0.25, -0.2) is 4.98 Å². The van der Waals surface area contributed by atoms with E-state index in [0.29, 0.717) is 11.0 Å². The average Bonchev–Trinajstić information content (AvgIpc) is 2.62. The molecule has 86 valence electrons. The molecule has 1 aromatic heterocycles. The molecule has 2 atom stereocenters. The monoisotopic (exact) mass is 284 g/mol. The van der Waals surface area contributed by atoms with E-state index in [9.17, 15) is 9.90 Å². The fourth-order valence-electron chi connectivity index (χ4n) is 2.36. The van der Waals surface area contributed by atoms with Crippen molar-refractivity contribution in [3.8, 4) is 0 Å². The maximum absolute atomic E-state index is 11.3. The molecule has 0 aliphatic heterocycles. The molecule has 3 N–H and O–H groups in total. The van der Waals surface area contributed by atoms with Gasteiger partial charge in [-0.15, -0.1) is 0 Å². The summed E-state index contributed by atoms with van der Waals surface area (Å²) in [7, 11) is 0. The van der Waals surface area contributed by atoms with Crippen LogP contribution in [0, 0.1) is 0 Å². The van der Waals surface area contributed by atoms with Crippen LogP contribution < -0.4 is 5.73 Å². The predicted molar refractivity (Wildman–Crippen MR) is 62.7 cm³/mol. The van der Waals surface area contributed by atoms with Gasteiger partial charge in [0, 0.05) is 12.1 Å². The molecule has 1 aliphatic carbocycles. The highest BCUT2D eigenvalue weighted by molar-refractivity contribution is 9.10. The molecular weight excluding hydrogens is 272 g/mol. The first-order chi connectivity index (χ1) is 7.54. The maximum Gasteiger partial charge on any atom is 0.250 e. The summed E-state index contributed by atoms with van der Waals surface area (Å²) in [5.74, 6) is -0.854. The second-order valence-electron chi connectivity index (χ2n) is 4.15. The van der Waals surface area contributed by atoms with Gasteiger partial charge in [0.15, 0.2) is 0 Å². The molecule has 1 aromatic rings. The Morgan fingerprint density at radius 3 is 3.06 bits per heavy atom. The van der Waals surface area contributed by atoms with Gasteiger partial charge in [0.25, 0.3) is 0 Å². The van der Waals surface area contributed by atoms with Crippen molar-refractivity contribution >= 4 is 21.8 Å². The van der Waals surface area contributed by atoms with Crippen LogP contribution in [0.2, 0.25) is 0 Å². The third-order valence-corrected chi connectivity index (χ3v) is 3.64. The van der Waals surface area contributed by atoms with Crippen molar-refractivity contribution in [2.24, 2.45) is 5.73 Å². The van der Waals surface area contributed by atoms with Crippen LogP contribution in [0.15, 0.2) is 22.9 Å². The van der Waals surface area contributed by atoms with Gasteiger partial charge in [-0.1, -0.05) is 0 Å². The number of amides is 1. The highest BCUT2D eigenvalue weighted by Gasteiger charge is 2.46. The number of halogens is 1. The topological polar surface area (TPSA) is 76.2 Å². The van der Waals surface area contributed by atoms with Crippen molar-refractivity contribution in [2.45, 2.75) is 30.8 Å². The van der Waals surface area contributed by atoms with Crippen LogP contribution in [0.25, 0.3) is 0 Å². The lowest BCUT2D eigenvalue weighted by atomic mass is 9.85. The van der Waals surface area contributed by atoms with Gasteiger partial charge in [-0.3, -0.25) is 4.79 Å². The Kier molecular flexibility index (Phi) is 2.99. The van der Waals surface area contributed by atoms with Crippen LogP contribution >= 0.6 is 15.9 Å². The van der Waals surface area contributed by atoms with Gasteiger partial charge in [-0.05, 0) is 52.9 Å². The van der Waals surface area contributed by atoms with Gasteiger partial charge >= 0.3 is 0 Å². The number of carbonyl (C=O) groups is 1. The fraction of sp³-hybridized carbons (Fsp3) is 0.455. The molecule has 2 rings (SSSR count).